The third-order valence-corrected chi connectivity index (χ3v) is 3.10. The third kappa shape index (κ3) is 4.90. The summed E-state index contributed by atoms with van der Waals surface area (Å²) in [6, 6.07) is 1.98. The van der Waals surface area contributed by atoms with Crippen molar-refractivity contribution in [3.05, 3.63) is 11.9 Å². The van der Waals surface area contributed by atoms with Crippen molar-refractivity contribution in [2.45, 2.75) is 47.5 Å². The molecule has 4 nitrogen and oxygen atoms in total. The molecule has 0 spiro atoms. The topological polar surface area (TPSA) is 49.8 Å². The Bertz CT molecular complexity index is 374. The summed E-state index contributed by atoms with van der Waals surface area (Å²) in [4.78, 5) is 8.79. The highest BCUT2D eigenvalue weighted by Crippen LogP contribution is 2.20. The Labute approximate surface area is 111 Å². The largest absolute Gasteiger partial charge is 0.370 e. The number of aryl methyl sites for hydroxylation is 1. The van der Waals surface area contributed by atoms with Crippen molar-refractivity contribution in [1.29, 1.82) is 0 Å². The molecule has 0 radical (unpaired) electrons. The van der Waals surface area contributed by atoms with Crippen LogP contribution in [0.25, 0.3) is 0 Å². The van der Waals surface area contributed by atoms with Crippen LogP contribution < -0.4 is 10.6 Å². The molecule has 4 heteroatoms. The zero-order valence-electron chi connectivity index (χ0n) is 12.3. The first-order valence-corrected chi connectivity index (χ1v) is 6.80. The predicted octanol–water partition coefficient (Wildman–Crippen LogP) is 3.46. The van der Waals surface area contributed by atoms with Crippen molar-refractivity contribution in [3.8, 4) is 0 Å². The molecule has 0 aliphatic heterocycles. The van der Waals surface area contributed by atoms with Crippen molar-refractivity contribution in [1.82, 2.24) is 9.97 Å². The Balaban J connectivity index is 2.68. The molecular formula is C14H26N4. The zero-order valence-corrected chi connectivity index (χ0v) is 12.3. The van der Waals surface area contributed by atoms with Crippen LogP contribution in [0.2, 0.25) is 0 Å². The number of aromatic nitrogens is 2. The molecule has 0 aliphatic carbocycles. The van der Waals surface area contributed by atoms with Gasteiger partial charge in [-0.3, -0.25) is 0 Å². The summed E-state index contributed by atoms with van der Waals surface area (Å²) in [5.41, 5.74) is 0.288. The van der Waals surface area contributed by atoms with E-state index < -0.39 is 0 Å². The average molecular weight is 250 g/mol. The van der Waals surface area contributed by atoms with E-state index in [0.29, 0.717) is 0 Å². The lowest BCUT2D eigenvalue weighted by Crippen LogP contribution is -2.22. The maximum absolute atomic E-state index is 4.42. The van der Waals surface area contributed by atoms with E-state index in [0.717, 1.165) is 43.4 Å². The minimum Gasteiger partial charge on any atom is -0.370 e. The first-order chi connectivity index (χ1) is 8.46. The molecule has 0 fully saturated rings. The minimum absolute atomic E-state index is 0.288. The SMILES string of the molecule is CCCNc1cc(NCC(C)(C)CC)nc(C)n1. The Hall–Kier alpha value is -1.32. The highest BCUT2D eigenvalue weighted by Gasteiger charge is 2.14. The van der Waals surface area contributed by atoms with Crippen molar-refractivity contribution in [2.75, 3.05) is 23.7 Å². The minimum atomic E-state index is 0.288. The predicted molar refractivity (Wildman–Crippen MR) is 78.1 cm³/mol. The molecule has 0 aromatic carbocycles. The molecule has 0 aliphatic rings. The first-order valence-electron chi connectivity index (χ1n) is 6.80. The fourth-order valence-electron chi connectivity index (χ4n) is 1.46. The van der Waals surface area contributed by atoms with E-state index in [1.54, 1.807) is 0 Å². The number of nitrogens with one attached hydrogen (secondary N) is 2. The average Bonchev–Trinajstić information content (AvgIpc) is 2.33. The standard InChI is InChI=1S/C14H26N4/c1-6-8-15-12-9-13(18-11(3)17-12)16-10-14(4,5)7-2/h9H,6-8,10H2,1-5H3,(H2,15,16,17,18). The van der Waals surface area contributed by atoms with Crippen LogP contribution in [0.15, 0.2) is 6.07 Å². The lowest BCUT2D eigenvalue weighted by Gasteiger charge is -2.23. The molecule has 0 saturated carbocycles. The van der Waals surface area contributed by atoms with Gasteiger partial charge in [-0.15, -0.1) is 0 Å². The van der Waals surface area contributed by atoms with E-state index in [1.807, 2.05) is 13.0 Å². The Morgan fingerprint density at radius 3 is 2.28 bits per heavy atom. The van der Waals surface area contributed by atoms with Gasteiger partial charge in [0.2, 0.25) is 0 Å². The lowest BCUT2D eigenvalue weighted by molar-refractivity contribution is 0.376. The summed E-state index contributed by atoms with van der Waals surface area (Å²) in [5.74, 6) is 2.61. The fourth-order valence-corrected chi connectivity index (χ4v) is 1.46. The van der Waals surface area contributed by atoms with Crippen LogP contribution in [0.4, 0.5) is 11.6 Å². The lowest BCUT2D eigenvalue weighted by atomic mass is 9.90. The molecular weight excluding hydrogens is 224 g/mol. The molecule has 0 unspecified atom stereocenters. The maximum atomic E-state index is 4.42. The van der Waals surface area contributed by atoms with Crippen LogP contribution in [0.1, 0.15) is 46.4 Å². The number of hydrogen-bond acceptors (Lipinski definition) is 4. The summed E-state index contributed by atoms with van der Waals surface area (Å²) < 4.78 is 0. The molecule has 1 aromatic heterocycles. The molecule has 102 valence electrons. The van der Waals surface area contributed by atoms with Crippen molar-refractivity contribution < 1.29 is 0 Å². The van der Waals surface area contributed by atoms with Crippen LogP contribution >= 0.6 is 0 Å². The van der Waals surface area contributed by atoms with Gasteiger partial charge in [-0.1, -0.05) is 27.7 Å². The Morgan fingerprint density at radius 2 is 1.72 bits per heavy atom. The molecule has 0 saturated heterocycles. The number of rotatable bonds is 7. The van der Waals surface area contributed by atoms with Gasteiger partial charge in [-0.2, -0.15) is 0 Å². The molecule has 1 rings (SSSR count). The van der Waals surface area contributed by atoms with Crippen molar-refractivity contribution in [3.63, 3.8) is 0 Å². The van der Waals surface area contributed by atoms with Crippen LogP contribution in [0.5, 0.6) is 0 Å². The van der Waals surface area contributed by atoms with Crippen LogP contribution in [-0.4, -0.2) is 23.1 Å². The Kier molecular flexibility index (Phi) is 5.38. The van der Waals surface area contributed by atoms with Gasteiger partial charge in [-0.05, 0) is 25.2 Å². The number of hydrogen-bond donors (Lipinski definition) is 2. The van der Waals surface area contributed by atoms with Crippen molar-refractivity contribution >= 4 is 11.6 Å². The first kappa shape index (κ1) is 14.7. The fraction of sp³-hybridized carbons (Fsp3) is 0.714. The monoisotopic (exact) mass is 250 g/mol. The van der Waals surface area contributed by atoms with Gasteiger partial charge in [0.05, 0.1) is 0 Å². The number of nitrogens with zero attached hydrogens (tertiary/aromatic N) is 2. The van der Waals surface area contributed by atoms with Crippen LogP contribution in [0.3, 0.4) is 0 Å². The molecule has 1 aromatic rings. The van der Waals surface area contributed by atoms with Gasteiger partial charge in [0.1, 0.15) is 17.5 Å². The van der Waals surface area contributed by atoms with Crippen molar-refractivity contribution in [2.24, 2.45) is 5.41 Å². The van der Waals surface area contributed by atoms with E-state index >= 15 is 0 Å². The Morgan fingerprint density at radius 1 is 1.11 bits per heavy atom. The second kappa shape index (κ2) is 6.57. The van der Waals surface area contributed by atoms with E-state index in [2.05, 4.69) is 48.3 Å². The molecule has 2 N–H and O–H groups in total. The molecule has 18 heavy (non-hydrogen) atoms. The van der Waals surface area contributed by atoms with Gasteiger partial charge in [-0.25, -0.2) is 9.97 Å². The normalized spacial score (nSPS) is 11.4. The second-order valence-corrected chi connectivity index (χ2v) is 5.48. The van der Waals surface area contributed by atoms with E-state index in [4.69, 9.17) is 0 Å². The zero-order chi connectivity index (χ0) is 13.6. The smallest absolute Gasteiger partial charge is 0.131 e. The third-order valence-electron chi connectivity index (χ3n) is 3.10. The van der Waals surface area contributed by atoms with Crippen LogP contribution in [-0.2, 0) is 0 Å². The van der Waals surface area contributed by atoms with Crippen LogP contribution in [0, 0.1) is 12.3 Å². The van der Waals surface area contributed by atoms with E-state index in [9.17, 15) is 0 Å². The summed E-state index contributed by atoms with van der Waals surface area (Å²) in [5, 5.41) is 6.70. The van der Waals surface area contributed by atoms with Gasteiger partial charge in [0.25, 0.3) is 0 Å². The molecule has 0 amide bonds. The van der Waals surface area contributed by atoms with E-state index in [1.165, 1.54) is 0 Å². The molecule has 1 heterocycles. The molecule has 0 bridgehead atoms. The quantitative estimate of drug-likeness (QED) is 0.778. The summed E-state index contributed by atoms with van der Waals surface area (Å²) in [6.07, 6.45) is 2.24. The highest BCUT2D eigenvalue weighted by atomic mass is 15.1. The number of anilines is 2. The summed E-state index contributed by atoms with van der Waals surface area (Å²) >= 11 is 0. The summed E-state index contributed by atoms with van der Waals surface area (Å²) in [6.45, 7) is 12.6. The van der Waals surface area contributed by atoms with E-state index in [-0.39, 0.29) is 5.41 Å². The highest BCUT2D eigenvalue weighted by molar-refractivity contribution is 5.47. The second-order valence-electron chi connectivity index (χ2n) is 5.48. The van der Waals surface area contributed by atoms with Gasteiger partial charge < -0.3 is 10.6 Å². The maximum Gasteiger partial charge on any atom is 0.131 e. The molecule has 0 atom stereocenters. The van der Waals surface area contributed by atoms with Gasteiger partial charge in [0.15, 0.2) is 0 Å². The van der Waals surface area contributed by atoms with Gasteiger partial charge in [0, 0.05) is 19.2 Å². The van der Waals surface area contributed by atoms with Gasteiger partial charge >= 0.3 is 0 Å². The summed E-state index contributed by atoms with van der Waals surface area (Å²) in [7, 11) is 0.